The van der Waals surface area contributed by atoms with E-state index in [1.165, 1.54) is 19.2 Å². The third kappa shape index (κ3) is 5.31. The average Bonchev–Trinajstić information content (AvgIpc) is 2.68. The molecular formula is C20H27N3O4S. The molecule has 0 aliphatic rings. The summed E-state index contributed by atoms with van der Waals surface area (Å²) in [5.41, 5.74) is 0.945. The van der Waals surface area contributed by atoms with E-state index < -0.39 is 10.0 Å². The molecular weight excluding hydrogens is 378 g/mol. The van der Waals surface area contributed by atoms with E-state index in [-0.39, 0.29) is 23.4 Å². The fourth-order valence-corrected chi connectivity index (χ4v) is 3.99. The van der Waals surface area contributed by atoms with Crippen molar-refractivity contribution in [2.45, 2.75) is 10.9 Å². The Bertz CT molecular complexity index is 885. The minimum Gasteiger partial charge on any atom is -0.496 e. The van der Waals surface area contributed by atoms with Crippen molar-refractivity contribution in [1.82, 2.24) is 14.5 Å². The fraction of sp³-hybridized carbons (Fsp3) is 0.350. The number of ether oxygens (including phenoxy) is 1. The summed E-state index contributed by atoms with van der Waals surface area (Å²) in [6.07, 6.45) is 0. The molecule has 28 heavy (non-hydrogen) atoms. The molecule has 0 bridgehead atoms. The second kappa shape index (κ2) is 9.68. The highest BCUT2D eigenvalue weighted by molar-refractivity contribution is 7.89. The fourth-order valence-electron chi connectivity index (χ4n) is 2.84. The van der Waals surface area contributed by atoms with Crippen LogP contribution >= 0.6 is 0 Å². The number of hydrogen-bond acceptors (Lipinski definition) is 5. The number of benzene rings is 2. The summed E-state index contributed by atoms with van der Waals surface area (Å²) < 4.78 is 31.5. The van der Waals surface area contributed by atoms with Gasteiger partial charge in [-0.05, 0) is 32.3 Å². The largest absolute Gasteiger partial charge is 0.496 e. The molecule has 1 amide bonds. The van der Waals surface area contributed by atoms with Gasteiger partial charge in [0.1, 0.15) is 5.75 Å². The lowest BCUT2D eigenvalue weighted by Crippen LogP contribution is -2.41. The van der Waals surface area contributed by atoms with Crippen molar-refractivity contribution >= 4 is 15.9 Å². The number of carbonyl (C=O) groups is 1. The molecule has 0 aromatic heterocycles. The maximum atomic E-state index is 12.5. The monoisotopic (exact) mass is 405 g/mol. The maximum absolute atomic E-state index is 12.5. The molecule has 1 N–H and O–H groups in total. The molecule has 0 saturated carbocycles. The summed E-state index contributed by atoms with van der Waals surface area (Å²) in [5, 5.41) is 2.83. The molecule has 0 radical (unpaired) electrons. The highest BCUT2D eigenvalue weighted by Crippen LogP contribution is 2.27. The average molecular weight is 406 g/mol. The van der Waals surface area contributed by atoms with Gasteiger partial charge in [-0.25, -0.2) is 8.42 Å². The van der Waals surface area contributed by atoms with Crippen LogP contribution in [0.15, 0.2) is 59.5 Å². The van der Waals surface area contributed by atoms with Gasteiger partial charge in [-0.3, -0.25) is 4.79 Å². The Morgan fingerprint density at radius 2 is 1.64 bits per heavy atom. The molecule has 0 aliphatic carbocycles. The van der Waals surface area contributed by atoms with Crippen LogP contribution in [-0.2, 0) is 14.8 Å². The van der Waals surface area contributed by atoms with E-state index in [9.17, 15) is 13.2 Å². The molecule has 0 aliphatic heterocycles. The van der Waals surface area contributed by atoms with Crippen molar-refractivity contribution in [2.75, 3.05) is 41.3 Å². The first-order valence-electron chi connectivity index (χ1n) is 8.84. The van der Waals surface area contributed by atoms with Crippen LogP contribution in [0.2, 0.25) is 0 Å². The molecule has 7 nitrogen and oxygen atoms in total. The minimum atomic E-state index is -3.71. The highest BCUT2D eigenvalue weighted by Gasteiger charge is 2.24. The van der Waals surface area contributed by atoms with Crippen molar-refractivity contribution in [2.24, 2.45) is 0 Å². The SMILES string of the molecule is COc1ccccc1C(CNC(=O)CN(C)S(=O)(=O)c1ccccc1)N(C)C. The first-order valence-corrected chi connectivity index (χ1v) is 10.3. The molecule has 0 saturated heterocycles. The smallest absolute Gasteiger partial charge is 0.243 e. The molecule has 1 unspecified atom stereocenters. The van der Waals surface area contributed by atoms with Gasteiger partial charge in [0.05, 0.1) is 24.6 Å². The molecule has 8 heteroatoms. The summed E-state index contributed by atoms with van der Waals surface area (Å²) in [4.78, 5) is 14.5. The standard InChI is InChI=1S/C20H27N3O4S/c1-22(2)18(17-12-8-9-13-19(17)27-4)14-21-20(24)15-23(3)28(25,26)16-10-6-5-7-11-16/h5-13,18H,14-15H2,1-4H3,(H,21,24). The number of nitrogens with zero attached hydrogens (tertiary/aromatic N) is 2. The number of sulfonamides is 1. The third-order valence-corrected chi connectivity index (χ3v) is 6.25. The third-order valence-electron chi connectivity index (χ3n) is 4.43. The normalized spacial score (nSPS) is 12.8. The number of likely N-dealkylation sites (N-methyl/N-ethyl adjacent to an activating group) is 2. The molecule has 1 atom stereocenters. The second-order valence-corrected chi connectivity index (χ2v) is 8.64. The lowest BCUT2D eigenvalue weighted by Gasteiger charge is -2.27. The molecule has 2 aromatic rings. The van der Waals surface area contributed by atoms with Crippen LogP contribution in [0.3, 0.4) is 0 Å². The Kier molecular flexibility index (Phi) is 7.56. The van der Waals surface area contributed by atoms with E-state index in [1.54, 1.807) is 25.3 Å². The highest BCUT2D eigenvalue weighted by atomic mass is 32.2. The van der Waals surface area contributed by atoms with Crippen molar-refractivity contribution in [3.8, 4) is 5.75 Å². The predicted molar refractivity (Wildman–Crippen MR) is 109 cm³/mol. The van der Waals surface area contributed by atoms with Crippen molar-refractivity contribution < 1.29 is 17.9 Å². The van der Waals surface area contributed by atoms with Gasteiger partial charge in [0.15, 0.2) is 0 Å². The van der Waals surface area contributed by atoms with Crippen LogP contribution in [0.5, 0.6) is 5.75 Å². The van der Waals surface area contributed by atoms with E-state index in [0.29, 0.717) is 6.54 Å². The first-order chi connectivity index (χ1) is 13.3. The Hall–Kier alpha value is -2.42. The van der Waals surface area contributed by atoms with Crippen LogP contribution < -0.4 is 10.1 Å². The minimum absolute atomic E-state index is 0.115. The maximum Gasteiger partial charge on any atom is 0.243 e. The number of rotatable bonds is 9. The summed E-state index contributed by atoms with van der Waals surface area (Å²) in [7, 11) is 3.11. The van der Waals surface area contributed by atoms with E-state index in [4.69, 9.17) is 4.74 Å². The van der Waals surface area contributed by atoms with Crippen LogP contribution in [-0.4, -0.2) is 64.9 Å². The molecule has 152 valence electrons. The van der Waals surface area contributed by atoms with Gasteiger partial charge >= 0.3 is 0 Å². The molecule has 2 aromatic carbocycles. The van der Waals surface area contributed by atoms with Crippen LogP contribution in [0.4, 0.5) is 0 Å². The van der Waals surface area contributed by atoms with E-state index in [1.807, 2.05) is 43.3 Å². The summed E-state index contributed by atoms with van der Waals surface area (Å²) in [6.45, 7) is 0.0642. The predicted octanol–water partition coefficient (Wildman–Crippen LogP) is 1.73. The van der Waals surface area contributed by atoms with Crippen LogP contribution in [0.1, 0.15) is 11.6 Å². The summed E-state index contributed by atoms with van der Waals surface area (Å²) in [6, 6.07) is 15.6. The second-order valence-electron chi connectivity index (χ2n) is 6.60. The zero-order chi connectivity index (χ0) is 20.7. The Morgan fingerprint density at radius 1 is 1.04 bits per heavy atom. The van der Waals surface area contributed by atoms with Gasteiger partial charge in [0, 0.05) is 19.2 Å². The van der Waals surface area contributed by atoms with Gasteiger partial charge < -0.3 is 15.0 Å². The van der Waals surface area contributed by atoms with Gasteiger partial charge in [-0.1, -0.05) is 36.4 Å². The Labute approximate surface area is 167 Å². The topological polar surface area (TPSA) is 79.0 Å². The van der Waals surface area contributed by atoms with Crippen molar-refractivity contribution in [3.63, 3.8) is 0 Å². The van der Waals surface area contributed by atoms with E-state index >= 15 is 0 Å². The number of methoxy groups -OCH3 is 1. The number of amides is 1. The zero-order valence-corrected chi connectivity index (χ0v) is 17.4. The van der Waals surface area contributed by atoms with Crippen molar-refractivity contribution in [1.29, 1.82) is 0 Å². The lowest BCUT2D eigenvalue weighted by molar-refractivity contribution is -0.121. The first kappa shape index (κ1) is 21.9. The molecule has 0 heterocycles. The van der Waals surface area contributed by atoms with Crippen LogP contribution in [0.25, 0.3) is 0 Å². The quantitative estimate of drug-likeness (QED) is 0.687. The number of hydrogen-bond donors (Lipinski definition) is 1. The zero-order valence-electron chi connectivity index (χ0n) is 16.6. The van der Waals surface area contributed by atoms with Gasteiger partial charge in [0.25, 0.3) is 0 Å². The number of para-hydroxylation sites is 1. The Morgan fingerprint density at radius 3 is 2.25 bits per heavy atom. The van der Waals surface area contributed by atoms with Crippen LogP contribution in [0, 0.1) is 0 Å². The van der Waals surface area contributed by atoms with Crippen molar-refractivity contribution in [3.05, 3.63) is 60.2 Å². The molecule has 0 fully saturated rings. The van der Waals surface area contributed by atoms with Gasteiger partial charge in [0.2, 0.25) is 15.9 Å². The number of carbonyl (C=O) groups excluding carboxylic acids is 1. The summed E-state index contributed by atoms with van der Waals surface area (Å²) >= 11 is 0. The molecule has 2 rings (SSSR count). The summed E-state index contributed by atoms with van der Waals surface area (Å²) in [5.74, 6) is 0.364. The van der Waals surface area contributed by atoms with E-state index in [2.05, 4.69) is 5.32 Å². The van der Waals surface area contributed by atoms with Gasteiger partial charge in [-0.2, -0.15) is 4.31 Å². The molecule has 0 spiro atoms. The van der Waals surface area contributed by atoms with E-state index in [0.717, 1.165) is 15.6 Å². The van der Waals surface area contributed by atoms with Gasteiger partial charge in [-0.15, -0.1) is 0 Å². The lowest BCUT2D eigenvalue weighted by atomic mass is 10.0. The number of nitrogens with one attached hydrogen (secondary N) is 1. The Balaban J connectivity index is 2.03.